The summed E-state index contributed by atoms with van der Waals surface area (Å²) in [7, 11) is 2.19. The maximum absolute atomic E-state index is 6.00. The minimum atomic E-state index is 0.151. The highest BCUT2D eigenvalue weighted by Gasteiger charge is 2.33. The number of nitrogens with zero attached hydrogens (tertiary/aromatic N) is 1. The topological polar surface area (TPSA) is 38.5 Å². The van der Waals surface area contributed by atoms with Gasteiger partial charge in [0.15, 0.2) is 0 Å². The van der Waals surface area contributed by atoms with Gasteiger partial charge in [0.25, 0.3) is 0 Å². The molecule has 1 aliphatic rings. The van der Waals surface area contributed by atoms with Crippen LogP contribution < -0.4 is 5.73 Å². The number of hydrogen-bond donors (Lipinski definition) is 1. The van der Waals surface area contributed by atoms with Crippen molar-refractivity contribution in [2.24, 2.45) is 11.1 Å². The lowest BCUT2D eigenvalue weighted by atomic mass is 9.82. The number of rotatable bonds is 5. The molecule has 2 heterocycles. The highest BCUT2D eigenvalue weighted by atomic mass is 32.1. The smallest absolute Gasteiger partial charge is 0.0546 e. The third-order valence-corrected chi connectivity index (χ3v) is 5.08. The van der Waals surface area contributed by atoms with Crippen molar-refractivity contribution >= 4 is 11.3 Å². The third kappa shape index (κ3) is 3.12. The van der Waals surface area contributed by atoms with Crippen molar-refractivity contribution in [3.05, 3.63) is 22.4 Å². The Labute approximate surface area is 114 Å². The predicted molar refractivity (Wildman–Crippen MR) is 76.9 cm³/mol. The van der Waals surface area contributed by atoms with Crippen LogP contribution in [0.2, 0.25) is 0 Å². The van der Waals surface area contributed by atoms with Gasteiger partial charge in [-0.25, -0.2) is 0 Å². The lowest BCUT2D eigenvalue weighted by molar-refractivity contribution is -0.0229. The van der Waals surface area contributed by atoms with Gasteiger partial charge in [-0.15, -0.1) is 11.3 Å². The SMILES string of the molecule is CC(c1cccs1)N(C)CC1(CN)CCCOC1. The van der Waals surface area contributed by atoms with Gasteiger partial charge in [0.1, 0.15) is 0 Å². The normalized spacial score (nSPS) is 26.4. The van der Waals surface area contributed by atoms with Crippen LogP contribution in [0.5, 0.6) is 0 Å². The first kappa shape index (κ1) is 14.0. The Kier molecular flexibility index (Phi) is 4.78. The first-order chi connectivity index (χ1) is 8.67. The molecule has 1 aliphatic heterocycles. The van der Waals surface area contributed by atoms with E-state index in [1.54, 1.807) is 0 Å². The minimum absolute atomic E-state index is 0.151. The van der Waals surface area contributed by atoms with Gasteiger partial charge in [0.05, 0.1) is 6.61 Å². The molecule has 3 nitrogen and oxygen atoms in total. The van der Waals surface area contributed by atoms with Gasteiger partial charge >= 0.3 is 0 Å². The molecule has 1 aromatic rings. The van der Waals surface area contributed by atoms with E-state index in [1.165, 1.54) is 11.3 Å². The Morgan fingerprint density at radius 3 is 3.00 bits per heavy atom. The molecular weight excluding hydrogens is 244 g/mol. The summed E-state index contributed by atoms with van der Waals surface area (Å²) in [6.45, 7) is 5.70. The zero-order valence-electron chi connectivity index (χ0n) is 11.4. The molecule has 0 aromatic carbocycles. The molecule has 0 radical (unpaired) electrons. The largest absolute Gasteiger partial charge is 0.381 e. The maximum atomic E-state index is 6.00. The molecule has 2 unspecified atom stereocenters. The van der Waals surface area contributed by atoms with E-state index in [4.69, 9.17) is 10.5 Å². The molecule has 0 aliphatic carbocycles. The van der Waals surface area contributed by atoms with Crippen molar-refractivity contribution in [2.45, 2.75) is 25.8 Å². The number of ether oxygens (including phenoxy) is 1. The van der Waals surface area contributed by atoms with E-state index in [2.05, 4.69) is 36.4 Å². The molecule has 18 heavy (non-hydrogen) atoms. The average Bonchev–Trinajstić information content (AvgIpc) is 2.92. The second kappa shape index (κ2) is 6.15. The number of thiophene rings is 1. The summed E-state index contributed by atoms with van der Waals surface area (Å²) in [6, 6.07) is 4.78. The van der Waals surface area contributed by atoms with E-state index >= 15 is 0 Å². The molecular formula is C14H24N2OS. The molecule has 0 saturated carbocycles. The van der Waals surface area contributed by atoms with Gasteiger partial charge in [-0.05, 0) is 38.3 Å². The number of nitrogens with two attached hydrogens (primary N) is 1. The fourth-order valence-corrected chi connectivity index (χ4v) is 3.52. The monoisotopic (exact) mass is 268 g/mol. The van der Waals surface area contributed by atoms with Crippen LogP contribution in [0.25, 0.3) is 0 Å². The van der Waals surface area contributed by atoms with Crippen molar-refractivity contribution in [3.63, 3.8) is 0 Å². The quantitative estimate of drug-likeness (QED) is 0.891. The second-order valence-electron chi connectivity index (χ2n) is 5.47. The van der Waals surface area contributed by atoms with Crippen LogP contribution in [0.4, 0.5) is 0 Å². The van der Waals surface area contributed by atoms with Gasteiger partial charge in [-0.3, -0.25) is 4.90 Å². The van der Waals surface area contributed by atoms with E-state index in [0.29, 0.717) is 12.6 Å². The average molecular weight is 268 g/mol. The van der Waals surface area contributed by atoms with Crippen LogP contribution in [0, 0.1) is 5.41 Å². The van der Waals surface area contributed by atoms with Crippen molar-refractivity contribution in [2.75, 3.05) is 33.4 Å². The summed E-state index contributed by atoms with van der Waals surface area (Å²) >= 11 is 1.82. The highest BCUT2D eigenvalue weighted by Crippen LogP contribution is 2.32. The zero-order valence-corrected chi connectivity index (χ0v) is 12.2. The Balaban J connectivity index is 1.98. The summed E-state index contributed by atoms with van der Waals surface area (Å²) < 4.78 is 5.64. The van der Waals surface area contributed by atoms with Gasteiger partial charge in [-0.1, -0.05) is 6.07 Å². The first-order valence-corrected chi connectivity index (χ1v) is 7.56. The first-order valence-electron chi connectivity index (χ1n) is 6.68. The molecule has 2 atom stereocenters. The Morgan fingerprint density at radius 1 is 1.61 bits per heavy atom. The molecule has 1 saturated heterocycles. The molecule has 0 bridgehead atoms. The molecule has 2 N–H and O–H groups in total. The standard InChI is InChI=1S/C14H24N2OS/c1-12(13-5-3-8-18-13)16(2)10-14(9-15)6-4-7-17-11-14/h3,5,8,12H,4,6-7,9-11,15H2,1-2H3. The highest BCUT2D eigenvalue weighted by molar-refractivity contribution is 7.10. The van der Waals surface area contributed by atoms with Crippen molar-refractivity contribution in [3.8, 4) is 0 Å². The fraction of sp³-hybridized carbons (Fsp3) is 0.714. The fourth-order valence-electron chi connectivity index (χ4n) is 2.67. The van der Waals surface area contributed by atoms with Gasteiger partial charge in [0, 0.05) is 36.0 Å². The third-order valence-electron chi connectivity index (χ3n) is 4.04. The molecule has 2 rings (SSSR count). The summed E-state index contributed by atoms with van der Waals surface area (Å²) in [6.07, 6.45) is 2.32. The predicted octanol–water partition coefficient (Wildman–Crippen LogP) is 2.50. The lowest BCUT2D eigenvalue weighted by Gasteiger charge is -2.40. The number of hydrogen-bond acceptors (Lipinski definition) is 4. The van der Waals surface area contributed by atoms with Gasteiger partial charge in [-0.2, -0.15) is 0 Å². The Morgan fingerprint density at radius 2 is 2.44 bits per heavy atom. The minimum Gasteiger partial charge on any atom is -0.381 e. The van der Waals surface area contributed by atoms with Crippen LogP contribution in [0.3, 0.4) is 0 Å². The molecule has 102 valence electrons. The van der Waals surface area contributed by atoms with E-state index in [-0.39, 0.29) is 5.41 Å². The van der Waals surface area contributed by atoms with Gasteiger partial charge < -0.3 is 10.5 Å². The summed E-state index contributed by atoms with van der Waals surface area (Å²) in [5.41, 5.74) is 6.15. The summed E-state index contributed by atoms with van der Waals surface area (Å²) in [5.74, 6) is 0. The van der Waals surface area contributed by atoms with E-state index in [0.717, 1.165) is 26.2 Å². The van der Waals surface area contributed by atoms with Crippen LogP contribution in [-0.4, -0.2) is 38.3 Å². The maximum Gasteiger partial charge on any atom is 0.0546 e. The summed E-state index contributed by atoms with van der Waals surface area (Å²) in [4.78, 5) is 3.83. The molecule has 0 spiro atoms. The molecule has 0 amide bonds. The Hall–Kier alpha value is -0.420. The van der Waals surface area contributed by atoms with Crippen LogP contribution >= 0.6 is 11.3 Å². The van der Waals surface area contributed by atoms with E-state index in [1.807, 2.05) is 11.3 Å². The van der Waals surface area contributed by atoms with Crippen LogP contribution in [0.1, 0.15) is 30.7 Å². The molecule has 1 fully saturated rings. The van der Waals surface area contributed by atoms with Crippen molar-refractivity contribution in [1.82, 2.24) is 4.90 Å². The van der Waals surface area contributed by atoms with Crippen LogP contribution in [-0.2, 0) is 4.74 Å². The van der Waals surface area contributed by atoms with Crippen molar-refractivity contribution in [1.29, 1.82) is 0 Å². The molecule has 1 aromatic heterocycles. The van der Waals surface area contributed by atoms with Crippen LogP contribution in [0.15, 0.2) is 17.5 Å². The van der Waals surface area contributed by atoms with E-state index in [9.17, 15) is 0 Å². The van der Waals surface area contributed by atoms with Crippen molar-refractivity contribution < 1.29 is 4.74 Å². The molecule has 4 heteroatoms. The lowest BCUT2D eigenvalue weighted by Crippen LogP contribution is -2.47. The van der Waals surface area contributed by atoms with E-state index < -0.39 is 0 Å². The summed E-state index contributed by atoms with van der Waals surface area (Å²) in [5, 5.41) is 2.14. The van der Waals surface area contributed by atoms with Gasteiger partial charge in [0.2, 0.25) is 0 Å². The zero-order chi connectivity index (χ0) is 13.0. The second-order valence-corrected chi connectivity index (χ2v) is 6.45. The Bertz CT molecular complexity index is 347.